The van der Waals surface area contributed by atoms with Crippen molar-refractivity contribution in [2.75, 3.05) is 6.61 Å². The molecular formula is C12H15ClO3. The van der Waals surface area contributed by atoms with E-state index in [4.69, 9.17) is 21.4 Å². The zero-order valence-corrected chi connectivity index (χ0v) is 9.96. The number of carboxylic acids is 1. The van der Waals surface area contributed by atoms with Crippen LogP contribution < -0.4 is 4.74 Å². The molecule has 1 aromatic rings. The smallest absolute Gasteiger partial charge is 0.307 e. The van der Waals surface area contributed by atoms with Gasteiger partial charge in [-0.3, -0.25) is 4.79 Å². The Bertz CT molecular complexity index is 363. The first-order chi connectivity index (χ1) is 7.63. The van der Waals surface area contributed by atoms with Crippen molar-refractivity contribution in [1.82, 2.24) is 0 Å². The van der Waals surface area contributed by atoms with Gasteiger partial charge in [0.15, 0.2) is 0 Å². The number of rotatable bonds is 6. The Morgan fingerprint density at radius 1 is 1.50 bits per heavy atom. The third-order valence-electron chi connectivity index (χ3n) is 2.11. The molecule has 0 amide bonds. The van der Waals surface area contributed by atoms with Gasteiger partial charge in [0, 0.05) is 0 Å². The fourth-order valence-corrected chi connectivity index (χ4v) is 1.53. The molecule has 0 atom stereocenters. The summed E-state index contributed by atoms with van der Waals surface area (Å²) in [6, 6.07) is 5.08. The van der Waals surface area contributed by atoms with Gasteiger partial charge < -0.3 is 9.84 Å². The molecule has 0 saturated heterocycles. The highest BCUT2D eigenvalue weighted by molar-refractivity contribution is 6.32. The molecule has 0 aliphatic rings. The lowest BCUT2D eigenvalue weighted by Gasteiger charge is -2.08. The molecule has 0 unspecified atom stereocenters. The van der Waals surface area contributed by atoms with Gasteiger partial charge in [-0.05, 0) is 24.1 Å². The van der Waals surface area contributed by atoms with Crippen molar-refractivity contribution >= 4 is 17.6 Å². The van der Waals surface area contributed by atoms with Crippen LogP contribution in [0.4, 0.5) is 0 Å². The monoisotopic (exact) mass is 242 g/mol. The first-order valence-electron chi connectivity index (χ1n) is 5.26. The molecule has 0 heterocycles. The van der Waals surface area contributed by atoms with Crippen molar-refractivity contribution < 1.29 is 14.6 Å². The number of ether oxygens (including phenoxy) is 1. The van der Waals surface area contributed by atoms with Gasteiger partial charge in [-0.15, -0.1) is 0 Å². The number of halogens is 1. The molecule has 0 radical (unpaired) electrons. The topological polar surface area (TPSA) is 46.5 Å². The lowest BCUT2D eigenvalue weighted by atomic mass is 10.1. The quantitative estimate of drug-likeness (QED) is 0.780. The van der Waals surface area contributed by atoms with Crippen LogP contribution >= 0.6 is 11.6 Å². The fourth-order valence-electron chi connectivity index (χ4n) is 1.27. The zero-order chi connectivity index (χ0) is 12.0. The number of benzene rings is 1. The Labute approximate surface area is 100.0 Å². The summed E-state index contributed by atoms with van der Waals surface area (Å²) in [5.74, 6) is -0.250. The van der Waals surface area contributed by atoms with Crippen molar-refractivity contribution in [3.8, 4) is 5.75 Å². The molecule has 0 spiro atoms. The number of aliphatic carboxylic acids is 1. The molecule has 1 N–H and O–H groups in total. The number of hydrogen-bond acceptors (Lipinski definition) is 2. The van der Waals surface area contributed by atoms with E-state index in [9.17, 15) is 4.79 Å². The van der Waals surface area contributed by atoms with Crippen LogP contribution in [-0.4, -0.2) is 17.7 Å². The van der Waals surface area contributed by atoms with Gasteiger partial charge in [-0.1, -0.05) is 31.0 Å². The SMILES string of the molecule is CCCCOc1ccc(CC(=O)O)cc1Cl. The van der Waals surface area contributed by atoms with Gasteiger partial charge in [0.1, 0.15) is 5.75 Å². The van der Waals surface area contributed by atoms with Crippen LogP contribution in [0.3, 0.4) is 0 Å². The molecule has 1 aromatic carbocycles. The summed E-state index contributed by atoms with van der Waals surface area (Å²) >= 11 is 5.97. The van der Waals surface area contributed by atoms with E-state index in [1.54, 1.807) is 18.2 Å². The highest BCUT2D eigenvalue weighted by atomic mass is 35.5. The second kappa shape index (κ2) is 6.38. The summed E-state index contributed by atoms with van der Waals surface area (Å²) in [6.07, 6.45) is 2.02. The van der Waals surface area contributed by atoms with Crippen LogP contribution in [0.5, 0.6) is 5.75 Å². The summed E-state index contributed by atoms with van der Waals surface area (Å²) in [4.78, 5) is 10.5. The number of hydrogen-bond donors (Lipinski definition) is 1. The van der Waals surface area contributed by atoms with Crippen LogP contribution in [0.15, 0.2) is 18.2 Å². The Hall–Kier alpha value is -1.22. The van der Waals surface area contributed by atoms with Crippen LogP contribution in [0.2, 0.25) is 5.02 Å². The van der Waals surface area contributed by atoms with E-state index in [-0.39, 0.29) is 6.42 Å². The minimum atomic E-state index is -0.865. The van der Waals surface area contributed by atoms with Crippen molar-refractivity contribution in [2.24, 2.45) is 0 Å². The molecule has 0 aliphatic heterocycles. The predicted octanol–water partition coefficient (Wildman–Crippen LogP) is 3.15. The molecule has 0 fully saturated rings. The van der Waals surface area contributed by atoms with Crippen molar-refractivity contribution in [3.05, 3.63) is 28.8 Å². The van der Waals surface area contributed by atoms with E-state index in [1.165, 1.54) is 0 Å². The molecule has 4 heteroatoms. The molecular weight excluding hydrogens is 228 g/mol. The lowest BCUT2D eigenvalue weighted by Crippen LogP contribution is -2.01. The molecule has 0 aromatic heterocycles. The summed E-state index contributed by atoms with van der Waals surface area (Å²) in [7, 11) is 0. The summed E-state index contributed by atoms with van der Waals surface area (Å²) < 4.78 is 5.46. The fraction of sp³-hybridized carbons (Fsp3) is 0.417. The maximum Gasteiger partial charge on any atom is 0.307 e. The van der Waals surface area contributed by atoms with Crippen molar-refractivity contribution in [2.45, 2.75) is 26.2 Å². The van der Waals surface area contributed by atoms with Gasteiger partial charge in [-0.2, -0.15) is 0 Å². The summed E-state index contributed by atoms with van der Waals surface area (Å²) in [5.41, 5.74) is 0.681. The normalized spacial score (nSPS) is 10.1. The highest BCUT2D eigenvalue weighted by Gasteiger charge is 2.05. The molecule has 88 valence electrons. The lowest BCUT2D eigenvalue weighted by molar-refractivity contribution is -0.136. The van der Waals surface area contributed by atoms with Crippen LogP contribution in [0.25, 0.3) is 0 Å². The van der Waals surface area contributed by atoms with Crippen molar-refractivity contribution in [1.29, 1.82) is 0 Å². The molecule has 3 nitrogen and oxygen atoms in total. The second-order valence-electron chi connectivity index (χ2n) is 3.54. The number of carboxylic acid groups (broad SMARTS) is 1. The average Bonchev–Trinajstić information content (AvgIpc) is 2.20. The molecule has 16 heavy (non-hydrogen) atoms. The highest BCUT2D eigenvalue weighted by Crippen LogP contribution is 2.25. The number of unbranched alkanes of at least 4 members (excludes halogenated alkanes) is 1. The van der Waals surface area contributed by atoms with E-state index >= 15 is 0 Å². The first kappa shape index (κ1) is 12.8. The molecule has 0 saturated carbocycles. The van der Waals surface area contributed by atoms with Crippen LogP contribution in [-0.2, 0) is 11.2 Å². The van der Waals surface area contributed by atoms with E-state index in [0.29, 0.717) is 22.9 Å². The van der Waals surface area contributed by atoms with E-state index in [0.717, 1.165) is 12.8 Å². The maximum atomic E-state index is 10.5. The minimum Gasteiger partial charge on any atom is -0.492 e. The summed E-state index contributed by atoms with van der Waals surface area (Å²) in [6.45, 7) is 2.72. The third kappa shape index (κ3) is 4.11. The van der Waals surface area contributed by atoms with Gasteiger partial charge >= 0.3 is 5.97 Å². The Kier molecular flexibility index (Phi) is 5.12. The van der Waals surface area contributed by atoms with E-state index in [1.807, 2.05) is 0 Å². The van der Waals surface area contributed by atoms with Crippen LogP contribution in [0, 0.1) is 0 Å². The molecule has 1 rings (SSSR count). The van der Waals surface area contributed by atoms with Gasteiger partial charge in [0.2, 0.25) is 0 Å². The Morgan fingerprint density at radius 2 is 2.25 bits per heavy atom. The van der Waals surface area contributed by atoms with E-state index in [2.05, 4.69) is 6.92 Å². The Balaban J connectivity index is 2.64. The second-order valence-corrected chi connectivity index (χ2v) is 3.94. The average molecular weight is 243 g/mol. The third-order valence-corrected chi connectivity index (χ3v) is 2.40. The van der Waals surface area contributed by atoms with Gasteiger partial charge in [0.25, 0.3) is 0 Å². The first-order valence-corrected chi connectivity index (χ1v) is 5.64. The number of carbonyl (C=O) groups is 1. The zero-order valence-electron chi connectivity index (χ0n) is 9.20. The molecule has 0 aliphatic carbocycles. The predicted molar refractivity (Wildman–Crippen MR) is 63.2 cm³/mol. The van der Waals surface area contributed by atoms with Crippen LogP contribution in [0.1, 0.15) is 25.3 Å². The summed E-state index contributed by atoms with van der Waals surface area (Å²) in [5, 5.41) is 9.09. The maximum absolute atomic E-state index is 10.5. The largest absolute Gasteiger partial charge is 0.492 e. The molecule has 0 bridgehead atoms. The standard InChI is InChI=1S/C12H15ClO3/c1-2-3-6-16-11-5-4-9(7-10(11)13)8-12(14)15/h4-5,7H,2-3,6,8H2,1H3,(H,14,15). The van der Waals surface area contributed by atoms with Gasteiger partial charge in [-0.25, -0.2) is 0 Å². The van der Waals surface area contributed by atoms with E-state index < -0.39 is 5.97 Å². The van der Waals surface area contributed by atoms with Gasteiger partial charge in [0.05, 0.1) is 18.1 Å². The minimum absolute atomic E-state index is 0.0189. The Morgan fingerprint density at radius 3 is 2.81 bits per heavy atom. The van der Waals surface area contributed by atoms with Crippen molar-refractivity contribution in [3.63, 3.8) is 0 Å².